The summed E-state index contributed by atoms with van der Waals surface area (Å²) in [6.45, 7) is 0. The molecule has 4 heteroatoms. The van der Waals surface area contributed by atoms with Gasteiger partial charge in [0.25, 0.3) is 0 Å². The number of hydrogen-bond acceptors (Lipinski definition) is 4. The zero-order chi connectivity index (χ0) is 11.9. The second-order valence-corrected chi connectivity index (χ2v) is 4.28. The van der Waals surface area contributed by atoms with Crippen molar-refractivity contribution in [1.29, 1.82) is 0 Å². The Hall–Kier alpha value is -1.84. The number of nitrogens with zero attached hydrogens (tertiary/aromatic N) is 3. The lowest BCUT2D eigenvalue weighted by Crippen LogP contribution is -2.22. The summed E-state index contributed by atoms with van der Waals surface area (Å²) >= 11 is 0. The van der Waals surface area contributed by atoms with Gasteiger partial charge in [0.15, 0.2) is 0 Å². The molecule has 0 aromatic rings. The molecule has 0 unspecified atom stereocenters. The number of aliphatic imine (C=N–C) groups is 1. The predicted molar refractivity (Wildman–Crippen MR) is 64.1 cm³/mol. The molecule has 0 N–H and O–H groups in total. The molecule has 0 aromatic heterocycles. The number of aldehydes is 1. The fourth-order valence-electron chi connectivity index (χ4n) is 1.87. The van der Waals surface area contributed by atoms with Crippen molar-refractivity contribution >= 4 is 12.1 Å². The predicted octanol–water partition coefficient (Wildman–Crippen LogP) is 0.799. The van der Waals surface area contributed by atoms with Crippen LogP contribution in [0.25, 0.3) is 0 Å². The first-order chi connectivity index (χ1) is 7.54. The Morgan fingerprint density at radius 2 is 1.81 bits per heavy atom. The van der Waals surface area contributed by atoms with E-state index in [9.17, 15) is 4.79 Å². The molecule has 1 heterocycles. The number of amidine groups is 1. The zero-order valence-electron chi connectivity index (χ0n) is 9.98. The van der Waals surface area contributed by atoms with E-state index >= 15 is 0 Å². The highest BCUT2D eigenvalue weighted by atomic mass is 16.1. The second-order valence-electron chi connectivity index (χ2n) is 4.28. The normalized spacial score (nSPS) is 17.9. The maximum atomic E-state index is 10.8. The highest BCUT2D eigenvalue weighted by molar-refractivity contribution is 6.09. The Morgan fingerprint density at radius 3 is 2.31 bits per heavy atom. The molecule has 0 bridgehead atoms. The van der Waals surface area contributed by atoms with Gasteiger partial charge in [0.1, 0.15) is 17.9 Å². The molecule has 0 atom stereocenters. The van der Waals surface area contributed by atoms with E-state index in [1.807, 2.05) is 50.1 Å². The Kier molecular flexibility index (Phi) is 2.42. The third kappa shape index (κ3) is 1.46. The molecule has 84 valence electrons. The number of carbonyl (C=O) groups excluding carboxylic acids is 1. The van der Waals surface area contributed by atoms with Crippen LogP contribution in [0, 0.1) is 0 Å². The van der Waals surface area contributed by atoms with Gasteiger partial charge in [-0.05, 0) is 12.2 Å². The molecule has 16 heavy (non-hydrogen) atoms. The van der Waals surface area contributed by atoms with Crippen LogP contribution < -0.4 is 0 Å². The molecule has 0 saturated heterocycles. The van der Waals surface area contributed by atoms with Crippen molar-refractivity contribution in [3.05, 3.63) is 34.7 Å². The van der Waals surface area contributed by atoms with Crippen LogP contribution in [0.1, 0.15) is 0 Å². The number of likely N-dealkylation sites (N-methyl/N-ethyl adjacent to an activating group) is 1. The maximum absolute atomic E-state index is 10.8. The first kappa shape index (κ1) is 10.7. The van der Waals surface area contributed by atoms with E-state index in [4.69, 9.17) is 0 Å². The monoisotopic (exact) mass is 217 g/mol. The number of rotatable bonds is 2. The van der Waals surface area contributed by atoms with Gasteiger partial charge in [-0.1, -0.05) is 0 Å². The van der Waals surface area contributed by atoms with Crippen LogP contribution >= 0.6 is 0 Å². The van der Waals surface area contributed by atoms with Crippen LogP contribution in [0.5, 0.6) is 0 Å². The van der Waals surface area contributed by atoms with E-state index in [1.54, 1.807) is 0 Å². The van der Waals surface area contributed by atoms with Crippen molar-refractivity contribution < 1.29 is 4.79 Å². The SMILES string of the molecule is CN(C)C1=NC(N(C)C)=C2C=C(C=O)C=C12. The topological polar surface area (TPSA) is 35.9 Å². The van der Waals surface area contributed by atoms with Crippen molar-refractivity contribution in [3.63, 3.8) is 0 Å². The highest BCUT2D eigenvalue weighted by Gasteiger charge is 2.28. The van der Waals surface area contributed by atoms with Crippen molar-refractivity contribution in [2.24, 2.45) is 4.99 Å². The van der Waals surface area contributed by atoms with Gasteiger partial charge < -0.3 is 9.80 Å². The van der Waals surface area contributed by atoms with E-state index in [1.165, 1.54) is 0 Å². The first-order valence-corrected chi connectivity index (χ1v) is 5.11. The van der Waals surface area contributed by atoms with E-state index in [0.717, 1.165) is 29.1 Å². The quantitative estimate of drug-likeness (QED) is 0.642. The van der Waals surface area contributed by atoms with Crippen molar-refractivity contribution in [1.82, 2.24) is 9.80 Å². The van der Waals surface area contributed by atoms with Gasteiger partial charge in [-0.25, -0.2) is 4.99 Å². The second kappa shape index (κ2) is 3.63. The molecule has 0 amide bonds. The minimum absolute atomic E-state index is 0.707. The van der Waals surface area contributed by atoms with Gasteiger partial charge >= 0.3 is 0 Å². The standard InChI is InChI=1S/C12H15N3O/c1-14(2)11-9-5-8(7-16)6-10(9)12(13-11)15(3)4/h5-7H,1-4H3. The van der Waals surface area contributed by atoms with E-state index in [2.05, 4.69) is 4.99 Å². The van der Waals surface area contributed by atoms with Crippen LogP contribution in [0.15, 0.2) is 39.7 Å². The third-order valence-corrected chi connectivity index (χ3v) is 2.59. The lowest BCUT2D eigenvalue weighted by atomic mass is 10.1. The van der Waals surface area contributed by atoms with Crippen LogP contribution in [-0.2, 0) is 4.79 Å². The molecule has 1 aliphatic carbocycles. The summed E-state index contributed by atoms with van der Waals surface area (Å²) in [5.41, 5.74) is 2.78. The minimum Gasteiger partial charge on any atom is -0.362 e. The maximum Gasteiger partial charge on any atom is 0.150 e. The molecular formula is C12H15N3O. The van der Waals surface area contributed by atoms with Crippen LogP contribution in [0.2, 0.25) is 0 Å². The van der Waals surface area contributed by atoms with Gasteiger partial charge in [0.05, 0.1) is 0 Å². The molecule has 2 rings (SSSR count). The van der Waals surface area contributed by atoms with E-state index in [-0.39, 0.29) is 0 Å². The molecule has 0 radical (unpaired) electrons. The van der Waals surface area contributed by atoms with Crippen molar-refractivity contribution in [2.45, 2.75) is 0 Å². The van der Waals surface area contributed by atoms with Gasteiger partial charge in [-0.2, -0.15) is 0 Å². The molecule has 0 aromatic carbocycles. The minimum atomic E-state index is 0.707. The Bertz CT molecular complexity index is 465. The van der Waals surface area contributed by atoms with Crippen molar-refractivity contribution in [2.75, 3.05) is 28.2 Å². The van der Waals surface area contributed by atoms with E-state index in [0.29, 0.717) is 5.57 Å². The highest BCUT2D eigenvalue weighted by Crippen LogP contribution is 2.34. The summed E-state index contributed by atoms with van der Waals surface area (Å²) in [6.07, 6.45) is 4.65. The number of fused-ring (bicyclic) bond motifs is 1. The molecular weight excluding hydrogens is 202 g/mol. The summed E-state index contributed by atoms with van der Waals surface area (Å²) < 4.78 is 0. The summed E-state index contributed by atoms with van der Waals surface area (Å²) in [6, 6.07) is 0. The largest absolute Gasteiger partial charge is 0.362 e. The van der Waals surface area contributed by atoms with Gasteiger partial charge in [-0.15, -0.1) is 0 Å². The number of allylic oxidation sites excluding steroid dienone is 3. The molecule has 0 saturated carbocycles. The van der Waals surface area contributed by atoms with Crippen molar-refractivity contribution in [3.8, 4) is 0 Å². The van der Waals surface area contributed by atoms with Gasteiger partial charge in [0.2, 0.25) is 0 Å². The average Bonchev–Trinajstić information content (AvgIpc) is 2.72. The Balaban J connectivity index is 2.50. The van der Waals surface area contributed by atoms with Gasteiger partial charge in [-0.3, -0.25) is 4.79 Å². The summed E-state index contributed by atoms with van der Waals surface area (Å²) in [5.74, 6) is 1.82. The Labute approximate surface area is 95.2 Å². The van der Waals surface area contributed by atoms with Crippen LogP contribution in [0.3, 0.4) is 0 Å². The summed E-state index contributed by atoms with van der Waals surface area (Å²) in [5, 5.41) is 0. The third-order valence-electron chi connectivity index (χ3n) is 2.59. The van der Waals surface area contributed by atoms with Crippen LogP contribution in [0.4, 0.5) is 0 Å². The van der Waals surface area contributed by atoms with Crippen LogP contribution in [-0.4, -0.2) is 50.1 Å². The molecule has 0 spiro atoms. The zero-order valence-corrected chi connectivity index (χ0v) is 9.98. The smallest absolute Gasteiger partial charge is 0.150 e. The Morgan fingerprint density at radius 1 is 1.12 bits per heavy atom. The summed E-state index contributed by atoms with van der Waals surface area (Å²) in [4.78, 5) is 19.3. The number of carbonyl (C=O) groups is 1. The summed E-state index contributed by atoms with van der Waals surface area (Å²) in [7, 11) is 7.81. The lowest BCUT2D eigenvalue weighted by Gasteiger charge is -2.13. The molecule has 1 aliphatic heterocycles. The average molecular weight is 217 g/mol. The molecule has 2 aliphatic rings. The molecule has 0 fully saturated rings. The van der Waals surface area contributed by atoms with Gasteiger partial charge in [0, 0.05) is 44.9 Å². The fraction of sp³-hybridized carbons (Fsp3) is 0.333. The lowest BCUT2D eigenvalue weighted by molar-refractivity contribution is -0.104. The number of hydrogen-bond donors (Lipinski definition) is 0. The molecule has 4 nitrogen and oxygen atoms in total. The first-order valence-electron chi connectivity index (χ1n) is 5.11. The van der Waals surface area contributed by atoms with E-state index < -0.39 is 0 Å². The fourth-order valence-corrected chi connectivity index (χ4v) is 1.87.